The second kappa shape index (κ2) is 5.71. The molecule has 0 N–H and O–H groups in total. The lowest BCUT2D eigenvalue weighted by Crippen LogP contribution is -2.11. The van der Waals surface area contributed by atoms with Gasteiger partial charge in [0, 0.05) is 6.20 Å². The second-order valence-corrected chi connectivity index (χ2v) is 4.93. The normalized spacial score (nSPS) is 10.2. The van der Waals surface area contributed by atoms with Crippen molar-refractivity contribution in [3.05, 3.63) is 35.0 Å². The van der Waals surface area contributed by atoms with Crippen molar-refractivity contribution in [3.8, 4) is 10.7 Å². The maximum absolute atomic E-state index is 11.8. The van der Waals surface area contributed by atoms with Gasteiger partial charge in [-0.3, -0.25) is 9.78 Å². The molecule has 0 fully saturated rings. The highest BCUT2D eigenvalue weighted by molar-refractivity contribution is 7.17. The summed E-state index contributed by atoms with van der Waals surface area (Å²) in [5, 5.41) is 0.660. The number of pyridine rings is 1. The van der Waals surface area contributed by atoms with E-state index in [-0.39, 0.29) is 12.4 Å². The van der Waals surface area contributed by atoms with Gasteiger partial charge in [-0.25, -0.2) is 9.78 Å². The number of aryl methyl sites for hydroxylation is 1. The Labute approximate surface area is 114 Å². The number of nitrogens with zero attached hydrogens (tertiary/aromatic N) is 2. The largest absolute Gasteiger partial charge is 0.453 e. The quantitative estimate of drug-likeness (QED) is 0.801. The fourth-order valence-electron chi connectivity index (χ4n) is 1.42. The smallest absolute Gasteiger partial charge is 0.350 e. The molecule has 0 radical (unpaired) electrons. The van der Waals surface area contributed by atoms with Crippen LogP contribution in [0.5, 0.6) is 0 Å². The molecule has 2 aromatic heterocycles. The van der Waals surface area contributed by atoms with Crippen LogP contribution in [0.2, 0.25) is 0 Å². The molecule has 0 aliphatic heterocycles. The molecule has 0 unspecified atom stereocenters. The Morgan fingerprint density at radius 3 is 2.79 bits per heavy atom. The number of aromatic nitrogens is 2. The highest BCUT2D eigenvalue weighted by Gasteiger charge is 2.18. The number of carbonyl (C=O) groups excluding carboxylic acids is 2. The summed E-state index contributed by atoms with van der Waals surface area (Å²) in [7, 11) is 0. The zero-order valence-electron chi connectivity index (χ0n) is 10.5. The standard InChI is InChI=1S/C13H12N2O3S/c1-8(16)7-18-13(17)11-9(2)15-12(19-11)10-5-3-4-6-14-10/h3-6H,7H2,1-2H3. The zero-order valence-corrected chi connectivity index (χ0v) is 11.4. The van der Waals surface area contributed by atoms with E-state index in [0.717, 1.165) is 0 Å². The maximum atomic E-state index is 11.8. The fourth-order valence-corrected chi connectivity index (χ4v) is 2.35. The Balaban J connectivity index is 2.22. The predicted molar refractivity (Wildman–Crippen MR) is 71.0 cm³/mol. The predicted octanol–water partition coefficient (Wildman–Crippen LogP) is 2.26. The minimum Gasteiger partial charge on any atom is -0.453 e. The highest BCUT2D eigenvalue weighted by Crippen LogP contribution is 2.26. The number of carbonyl (C=O) groups is 2. The molecule has 0 bridgehead atoms. The molecule has 6 heteroatoms. The van der Waals surface area contributed by atoms with E-state index in [1.165, 1.54) is 18.3 Å². The lowest BCUT2D eigenvalue weighted by Gasteiger charge is -1.99. The van der Waals surface area contributed by atoms with Crippen LogP contribution in [0.15, 0.2) is 24.4 Å². The fraction of sp³-hybridized carbons (Fsp3) is 0.231. The van der Waals surface area contributed by atoms with Gasteiger partial charge in [-0.2, -0.15) is 0 Å². The molecule has 0 aromatic carbocycles. The zero-order chi connectivity index (χ0) is 13.8. The summed E-state index contributed by atoms with van der Waals surface area (Å²) in [6.45, 7) is 2.88. The van der Waals surface area contributed by atoms with Crippen LogP contribution < -0.4 is 0 Å². The first-order valence-electron chi connectivity index (χ1n) is 5.63. The van der Waals surface area contributed by atoms with Crippen molar-refractivity contribution in [2.45, 2.75) is 13.8 Å². The molecule has 2 rings (SSSR count). The van der Waals surface area contributed by atoms with E-state index in [4.69, 9.17) is 4.74 Å². The summed E-state index contributed by atoms with van der Waals surface area (Å²) >= 11 is 1.21. The van der Waals surface area contributed by atoms with Crippen LogP contribution in [0, 0.1) is 6.92 Å². The molecule has 0 amide bonds. The van der Waals surface area contributed by atoms with Gasteiger partial charge in [-0.1, -0.05) is 6.07 Å². The van der Waals surface area contributed by atoms with Crippen LogP contribution in [0.4, 0.5) is 0 Å². The Morgan fingerprint density at radius 1 is 1.37 bits per heavy atom. The minimum atomic E-state index is -0.521. The van der Waals surface area contributed by atoms with Crippen molar-refractivity contribution in [1.82, 2.24) is 9.97 Å². The SMILES string of the molecule is CC(=O)COC(=O)c1sc(-c2ccccn2)nc1C. The first kappa shape index (κ1) is 13.4. The van der Waals surface area contributed by atoms with Gasteiger partial charge in [0.1, 0.15) is 16.5 Å². The van der Waals surface area contributed by atoms with Crippen LogP contribution in [0.3, 0.4) is 0 Å². The Kier molecular flexibility index (Phi) is 4.01. The van der Waals surface area contributed by atoms with Crippen molar-refractivity contribution >= 4 is 23.1 Å². The van der Waals surface area contributed by atoms with E-state index in [0.29, 0.717) is 21.3 Å². The summed E-state index contributed by atoms with van der Waals surface area (Å²) in [6, 6.07) is 5.49. The lowest BCUT2D eigenvalue weighted by atomic mass is 10.3. The van der Waals surface area contributed by atoms with Crippen molar-refractivity contribution in [3.63, 3.8) is 0 Å². The number of ether oxygens (including phenoxy) is 1. The Morgan fingerprint density at radius 2 is 2.16 bits per heavy atom. The summed E-state index contributed by atoms with van der Waals surface area (Å²) in [4.78, 5) is 31.5. The number of hydrogen-bond acceptors (Lipinski definition) is 6. The van der Waals surface area contributed by atoms with E-state index in [1.54, 1.807) is 13.1 Å². The van der Waals surface area contributed by atoms with Crippen LogP contribution in [0.1, 0.15) is 22.3 Å². The third-order valence-electron chi connectivity index (χ3n) is 2.27. The van der Waals surface area contributed by atoms with Gasteiger partial charge < -0.3 is 4.74 Å². The molecule has 2 aromatic rings. The van der Waals surface area contributed by atoms with Crippen molar-refractivity contribution in [1.29, 1.82) is 0 Å². The molecular formula is C13H12N2O3S. The first-order valence-corrected chi connectivity index (χ1v) is 6.45. The van der Waals surface area contributed by atoms with Crippen LogP contribution in [-0.4, -0.2) is 28.3 Å². The number of hydrogen-bond donors (Lipinski definition) is 0. The monoisotopic (exact) mass is 276 g/mol. The molecule has 0 aliphatic rings. The van der Waals surface area contributed by atoms with Gasteiger partial charge in [0.2, 0.25) is 0 Å². The topological polar surface area (TPSA) is 69.2 Å². The average Bonchev–Trinajstić information content (AvgIpc) is 2.79. The van der Waals surface area contributed by atoms with Crippen LogP contribution >= 0.6 is 11.3 Å². The molecule has 0 aliphatic carbocycles. The van der Waals surface area contributed by atoms with Gasteiger partial charge in [0.25, 0.3) is 0 Å². The van der Waals surface area contributed by atoms with Crippen molar-refractivity contribution in [2.75, 3.05) is 6.61 Å². The molecule has 0 saturated carbocycles. The van der Waals surface area contributed by atoms with Gasteiger partial charge in [-0.15, -0.1) is 11.3 Å². The van der Waals surface area contributed by atoms with Crippen molar-refractivity contribution < 1.29 is 14.3 Å². The van der Waals surface area contributed by atoms with Crippen LogP contribution in [0.25, 0.3) is 10.7 Å². The number of ketones is 1. The van der Waals surface area contributed by atoms with Gasteiger partial charge >= 0.3 is 5.97 Å². The van der Waals surface area contributed by atoms with Crippen LogP contribution in [-0.2, 0) is 9.53 Å². The summed E-state index contributed by atoms with van der Waals surface area (Å²) in [6.07, 6.45) is 1.67. The molecule has 5 nitrogen and oxygen atoms in total. The molecule has 19 heavy (non-hydrogen) atoms. The van der Waals surface area contributed by atoms with E-state index in [2.05, 4.69) is 9.97 Å². The number of esters is 1. The van der Waals surface area contributed by atoms with Gasteiger partial charge in [0.15, 0.2) is 5.78 Å². The molecular weight excluding hydrogens is 264 g/mol. The molecule has 0 saturated heterocycles. The summed E-state index contributed by atoms with van der Waals surface area (Å²) in [5.41, 5.74) is 1.29. The van der Waals surface area contributed by atoms with E-state index < -0.39 is 5.97 Å². The van der Waals surface area contributed by atoms with Crippen molar-refractivity contribution in [2.24, 2.45) is 0 Å². The molecule has 0 atom stereocenters. The third-order valence-corrected chi connectivity index (χ3v) is 3.43. The Hall–Kier alpha value is -2.08. The van der Waals surface area contributed by atoms with Gasteiger partial charge in [0.05, 0.1) is 11.4 Å². The molecule has 98 valence electrons. The second-order valence-electron chi connectivity index (χ2n) is 3.93. The van der Waals surface area contributed by atoms with Gasteiger partial charge in [-0.05, 0) is 26.0 Å². The highest BCUT2D eigenvalue weighted by atomic mass is 32.1. The summed E-state index contributed by atoms with van der Waals surface area (Å²) in [5.74, 6) is -0.715. The average molecular weight is 276 g/mol. The first-order chi connectivity index (χ1) is 9.08. The number of thiazole rings is 1. The maximum Gasteiger partial charge on any atom is 0.350 e. The molecule has 0 spiro atoms. The van der Waals surface area contributed by atoms with E-state index in [9.17, 15) is 9.59 Å². The lowest BCUT2D eigenvalue weighted by molar-refractivity contribution is -0.120. The number of rotatable bonds is 4. The third kappa shape index (κ3) is 3.23. The molecule has 2 heterocycles. The minimum absolute atomic E-state index is 0.194. The van der Waals surface area contributed by atoms with E-state index in [1.807, 2.05) is 18.2 Å². The summed E-state index contributed by atoms with van der Waals surface area (Å²) < 4.78 is 4.88. The van der Waals surface area contributed by atoms with E-state index >= 15 is 0 Å². The number of Topliss-reactive ketones (excluding diaryl/α,β-unsaturated/α-hetero) is 1. The Bertz CT molecular complexity index is 608.